The number of hydrogen-bond donors (Lipinski definition) is 1. The van der Waals surface area contributed by atoms with E-state index < -0.39 is 0 Å². The van der Waals surface area contributed by atoms with Crippen molar-refractivity contribution in [1.29, 1.82) is 0 Å². The SMILES string of the molecule is C1=CCN=C1.C1=NC=NC1.C1=NCN=C1.CC.CC.CC.CC.CC.CC.CC.CC.CC.CC.c1ccc2[nH]ccc2c1.c1ccc2c(c1)CCC2.c1ccc2c(c1)OCO2.c1ccccc1.c1ccccc1.c1cnc2c(c1)CCCC2.c1cocn1. The summed E-state index contributed by atoms with van der Waals surface area (Å²) in [7, 11) is 0. The first-order chi connectivity index (χ1) is 44.4. The van der Waals surface area contributed by atoms with Crippen molar-refractivity contribution in [2.24, 2.45) is 25.0 Å². The van der Waals surface area contributed by atoms with Gasteiger partial charge in [-0.05, 0) is 103 Å². The summed E-state index contributed by atoms with van der Waals surface area (Å²) >= 11 is 0. The normalized spacial score (nSPS) is 11.0. The van der Waals surface area contributed by atoms with Gasteiger partial charge < -0.3 is 18.9 Å². The van der Waals surface area contributed by atoms with E-state index in [0.29, 0.717) is 13.5 Å². The Morgan fingerprint density at radius 1 is 0.404 bits per heavy atom. The minimum atomic E-state index is 0.360. The highest BCUT2D eigenvalue weighted by Gasteiger charge is 2.10. The van der Waals surface area contributed by atoms with Crippen LogP contribution in [-0.2, 0) is 25.7 Å². The van der Waals surface area contributed by atoms with Crippen molar-refractivity contribution in [3.8, 4) is 11.5 Å². The molecule has 0 amide bonds. The average Bonchev–Trinajstić information content (AvgIpc) is 4.55. The Morgan fingerprint density at radius 2 is 0.876 bits per heavy atom. The molecular formula is C78H122N8O3. The highest BCUT2D eigenvalue weighted by molar-refractivity contribution is 6.17. The maximum atomic E-state index is 5.08. The zero-order valence-electron chi connectivity index (χ0n) is 59.2. The Hall–Kier alpha value is -8.31. The second-order valence-corrected chi connectivity index (χ2v) is 14.9. The monoisotopic (exact) mass is 1220 g/mol. The second-order valence-electron chi connectivity index (χ2n) is 14.9. The maximum absolute atomic E-state index is 5.08. The first-order valence-corrected chi connectivity index (χ1v) is 33.2. The van der Waals surface area contributed by atoms with Crippen LogP contribution >= 0.6 is 0 Å². The number of pyridine rings is 1. The van der Waals surface area contributed by atoms with Gasteiger partial charge >= 0.3 is 0 Å². The van der Waals surface area contributed by atoms with E-state index in [2.05, 4.69) is 92.9 Å². The van der Waals surface area contributed by atoms with Crippen molar-refractivity contribution in [1.82, 2.24) is 15.0 Å². The van der Waals surface area contributed by atoms with E-state index in [1.54, 1.807) is 48.5 Å². The molecule has 11 nitrogen and oxygen atoms in total. The number of aryl methyl sites for hydroxylation is 4. The number of hydrogen-bond acceptors (Lipinski definition) is 10. The van der Waals surface area contributed by atoms with Crippen LogP contribution in [0.15, 0.2) is 237 Å². The lowest BCUT2D eigenvalue weighted by molar-refractivity contribution is 0.174. The Balaban J connectivity index is -0.000000210. The topological polar surface area (TPSA) is 135 Å². The molecule has 89 heavy (non-hydrogen) atoms. The van der Waals surface area contributed by atoms with Crippen LogP contribution in [0.5, 0.6) is 11.5 Å². The maximum Gasteiger partial charge on any atom is 0.231 e. The lowest BCUT2D eigenvalue weighted by atomic mass is 9.96. The molecule has 0 spiro atoms. The number of nitrogens with zero attached hydrogens (tertiary/aromatic N) is 7. The van der Waals surface area contributed by atoms with Crippen LogP contribution < -0.4 is 9.47 Å². The first-order valence-electron chi connectivity index (χ1n) is 33.2. The average molecular weight is 1220 g/mol. The Kier molecular flexibility index (Phi) is 86.6. The number of para-hydroxylation sites is 3. The van der Waals surface area contributed by atoms with Gasteiger partial charge in [-0.15, -0.1) is 0 Å². The minimum Gasteiger partial charge on any atom is -0.454 e. The number of benzene rings is 5. The summed E-state index contributed by atoms with van der Waals surface area (Å²) in [4.78, 5) is 29.7. The largest absolute Gasteiger partial charge is 0.454 e. The van der Waals surface area contributed by atoms with E-state index in [-0.39, 0.29) is 0 Å². The van der Waals surface area contributed by atoms with E-state index in [1.165, 1.54) is 79.8 Å². The molecule has 0 radical (unpaired) electrons. The fraction of sp³-hybridized carbons (Fsp3) is 0.397. The van der Waals surface area contributed by atoms with E-state index in [4.69, 9.17) is 9.47 Å². The molecule has 0 bridgehead atoms. The molecule has 5 aromatic carbocycles. The van der Waals surface area contributed by atoms with Crippen LogP contribution in [0, 0.1) is 0 Å². The molecule has 0 saturated heterocycles. The van der Waals surface area contributed by atoms with Crippen LogP contribution in [0.2, 0.25) is 0 Å². The van der Waals surface area contributed by atoms with Gasteiger partial charge in [-0.3, -0.25) is 25.0 Å². The molecule has 2 aliphatic carbocycles. The number of aromatic amines is 1. The number of nitrogens with one attached hydrogen (secondary N) is 1. The lowest BCUT2D eigenvalue weighted by Gasteiger charge is -2.12. The Bertz CT molecular complexity index is 2350. The fourth-order valence-electron chi connectivity index (χ4n) is 6.61. The van der Waals surface area contributed by atoms with E-state index >= 15 is 0 Å². The molecule has 6 aliphatic rings. The van der Waals surface area contributed by atoms with Gasteiger partial charge in [0.2, 0.25) is 6.79 Å². The number of fused-ring (bicyclic) bond motifs is 4. The van der Waals surface area contributed by atoms with Gasteiger partial charge in [0.25, 0.3) is 0 Å². The summed E-state index contributed by atoms with van der Waals surface area (Å²) in [5.74, 6) is 1.69. The van der Waals surface area contributed by atoms with Crippen molar-refractivity contribution >= 4 is 42.1 Å². The number of H-pyrrole nitrogens is 1. The molecule has 0 atom stereocenters. The molecule has 4 aliphatic heterocycles. The first kappa shape index (κ1) is 91.9. The van der Waals surface area contributed by atoms with Crippen LogP contribution in [0.1, 0.15) is 180 Å². The summed E-state index contributed by atoms with van der Waals surface area (Å²) in [5.41, 5.74) is 7.13. The third-order valence-electron chi connectivity index (χ3n) is 9.95. The molecule has 7 heterocycles. The van der Waals surface area contributed by atoms with Gasteiger partial charge in [-0.25, -0.2) is 9.98 Å². The van der Waals surface area contributed by atoms with Crippen LogP contribution in [-0.4, -0.2) is 72.7 Å². The van der Waals surface area contributed by atoms with Crippen molar-refractivity contribution in [3.05, 3.63) is 230 Å². The number of aromatic nitrogens is 3. The molecule has 1 N–H and O–H groups in total. The van der Waals surface area contributed by atoms with Crippen LogP contribution in [0.4, 0.5) is 0 Å². The number of aliphatic imine (C=N–C) groups is 5. The van der Waals surface area contributed by atoms with Crippen molar-refractivity contribution < 1.29 is 13.9 Å². The quantitative estimate of drug-likeness (QED) is 0.161. The summed E-state index contributed by atoms with van der Waals surface area (Å²) in [6.07, 6.45) is 29.8. The summed E-state index contributed by atoms with van der Waals surface area (Å²) in [5, 5.41) is 1.28. The molecule has 492 valence electrons. The summed E-state index contributed by atoms with van der Waals surface area (Å²) < 4.78 is 14.6. The minimum absolute atomic E-state index is 0.360. The smallest absolute Gasteiger partial charge is 0.231 e. The Morgan fingerprint density at radius 3 is 1.24 bits per heavy atom. The zero-order valence-corrected chi connectivity index (χ0v) is 59.2. The second kappa shape index (κ2) is 83.9. The van der Waals surface area contributed by atoms with E-state index in [0.717, 1.165) is 24.6 Å². The molecule has 8 aromatic rings. The van der Waals surface area contributed by atoms with E-state index in [1.807, 2.05) is 278 Å². The van der Waals surface area contributed by atoms with Crippen molar-refractivity contribution in [3.63, 3.8) is 0 Å². The van der Waals surface area contributed by atoms with Gasteiger partial charge in [0, 0.05) is 48.5 Å². The third kappa shape index (κ3) is 56.0. The predicted molar refractivity (Wildman–Crippen MR) is 399 cm³/mol. The van der Waals surface area contributed by atoms with Gasteiger partial charge in [0.1, 0.15) is 19.3 Å². The fourth-order valence-corrected chi connectivity index (χ4v) is 6.61. The molecule has 0 fully saturated rings. The summed E-state index contributed by atoms with van der Waals surface area (Å²) in [6, 6.07) is 54.9. The zero-order chi connectivity index (χ0) is 67.8. The van der Waals surface area contributed by atoms with Gasteiger partial charge in [-0.1, -0.05) is 278 Å². The molecule has 0 saturated carbocycles. The molecule has 11 heteroatoms. The molecule has 0 unspecified atom stereocenters. The highest BCUT2D eigenvalue weighted by atomic mass is 16.7. The summed E-state index contributed by atoms with van der Waals surface area (Å²) in [6.45, 7) is 42.7. The number of rotatable bonds is 0. The molecule has 14 rings (SSSR count). The number of ether oxygens (including phenoxy) is 2. The van der Waals surface area contributed by atoms with Crippen molar-refractivity contribution in [2.75, 3.05) is 26.6 Å². The van der Waals surface area contributed by atoms with Gasteiger partial charge in [0.15, 0.2) is 17.9 Å². The number of allylic oxidation sites excluding steroid dienone is 1. The van der Waals surface area contributed by atoms with Crippen LogP contribution in [0.3, 0.4) is 0 Å². The van der Waals surface area contributed by atoms with Crippen molar-refractivity contribution in [2.45, 2.75) is 183 Å². The van der Waals surface area contributed by atoms with Gasteiger partial charge in [0.05, 0.1) is 19.3 Å². The lowest BCUT2D eigenvalue weighted by Crippen LogP contribution is -2.03. The van der Waals surface area contributed by atoms with E-state index in [9.17, 15) is 0 Å². The van der Waals surface area contributed by atoms with Gasteiger partial charge in [-0.2, -0.15) is 0 Å². The molecular weight excluding hydrogens is 1100 g/mol. The number of oxazole rings is 1. The molecule has 3 aromatic heterocycles. The predicted octanol–water partition coefficient (Wildman–Crippen LogP) is 22.9. The van der Waals surface area contributed by atoms with Crippen LogP contribution in [0.25, 0.3) is 10.9 Å². The third-order valence-corrected chi connectivity index (χ3v) is 9.95. The standard InChI is InChI=1S/C9H11N.C9H10.C8H7N.C7H6O2.2C6H6.C4H5N.2C3H4N2.C3H3NO.10C2H6/c1-2-6-9-8(4-1)5-3-7-10-9;1-2-5-9-7-3-6-8(9)4-1;1-2-4-8-7(3-1)5-6-9-8;1-2-4-7-6(3-1)8-5-9-7;2*1-2-4-6-5-3-1;1-2-4-5-3-1;3*1-2-5-3-4-1;10*1-2/h3,5,7H,1-2,4,6H2;1-2,4-5H,3,6-7H2;1-6,9H;1-4H,5H2;2*1-6H;1-3H,4H2;1,3H,2H2;1-2H,3H2;1-3H;10*1-2H3. The Labute approximate surface area is 544 Å². The highest BCUT2D eigenvalue weighted by Crippen LogP contribution is 2.30.